The highest BCUT2D eigenvalue weighted by Gasteiger charge is 2.21. The average molecular weight is 505 g/mol. The summed E-state index contributed by atoms with van der Waals surface area (Å²) in [5.74, 6) is -1.06. The maximum absolute atomic E-state index is 12.5. The Labute approximate surface area is 206 Å². The predicted molar refractivity (Wildman–Crippen MR) is 131 cm³/mol. The van der Waals surface area contributed by atoms with Gasteiger partial charge in [0.15, 0.2) is 0 Å². The standard InChI is InChI=1S/C24H32N4O6S/c1-4-7-16-34-20-12-8-19(9-13-20)24(31)27-26-22(29)17-25-23(30)18-10-14-21(15-11-18)35(32,33)28(5-2)6-3/h8-15H,4-7,16-17H2,1-3H3,(H,25,30)(H,26,29)(H,27,31). The van der Waals surface area contributed by atoms with Crippen molar-refractivity contribution < 1.29 is 27.5 Å². The average Bonchev–Trinajstić information content (AvgIpc) is 2.87. The van der Waals surface area contributed by atoms with E-state index in [1.165, 1.54) is 28.6 Å². The number of nitrogens with one attached hydrogen (secondary N) is 3. The Bertz CT molecular complexity index is 1100. The van der Waals surface area contributed by atoms with Gasteiger partial charge in [-0.1, -0.05) is 27.2 Å². The molecule has 0 heterocycles. The van der Waals surface area contributed by atoms with Gasteiger partial charge in [-0.25, -0.2) is 8.42 Å². The van der Waals surface area contributed by atoms with Crippen molar-refractivity contribution in [3.05, 3.63) is 59.7 Å². The van der Waals surface area contributed by atoms with Gasteiger partial charge in [-0.2, -0.15) is 4.31 Å². The minimum Gasteiger partial charge on any atom is -0.494 e. The first kappa shape index (κ1) is 27.8. The zero-order valence-corrected chi connectivity index (χ0v) is 21.0. The molecule has 0 saturated heterocycles. The Morgan fingerprint density at radius 2 is 1.40 bits per heavy atom. The molecule has 190 valence electrons. The lowest BCUT2D eigenvalue weighted by molar-refractivity contribution is -0.120. The lowest BCUT2D eigenvalue weighted by Crippen LogP contribution is -2.46. The summed E-state index contributed by atoms with van der Waals surface area (Å²) in [6, 6.07) is 12.0. The molecule has 0 atom stereocenters. The summed E-state index contributed by atoms with van der Waals surface area (Å²) < 4.78 is 31.9. The van der Waals surface area contributed by atoms with Gasteiger partial charge in [0, 0.05) is 24.2 Å². The van der Waals surface area contributed by atoms with Crippen molar-refractivity contribution in [3.63, 3.8) is 0 Å². The minimum absolute atomic E-state index is 0.0822. The Morgan fingerprint density at radius 3 is 1.97 bits per heavy atom. The molecule has 0 unspecified atom stereocenters. The molecular weight excluding hydrogens is 472 g/mol. The largest absolute Gasteiger partial charge is 0.494 e. The number of ether oxygens (including phenoxy) is 1. The van der Waals surface area contributed by atoms with Gasteiger partial charge in [0.2, 0.25) is 10.0 Å². The van der Waals surface area contributed by atoms with E-state index in [1.807, 2.05) is 0 Å². The van der Waals surface area contributed by atoms with Crippen LogP contribution in [-0.4, -0.2) is 56.7 Å². The van der Waals surface area contributed by atoms with E-state index in [4.69, 9.17) is 4.74 Å². The van der Waals surface area contributed by atoms with E-state index < -0.39 is 27.7 Å². The summed E-state index contributed by atoms with van der Waals surface area (Å²) in [5, 5.41) is 2.42. The lowest BCUT2D eigenvalue weighted by atomic mass is 10.2. The number of rotatable bonds is 12. The van der Waals surface area contributed by atoms with Crippen LogP contribution in [0.25, 0.3) is 0 Å². The quantitative estimate of drug-likeness (QED) is 0.299. The molecule has 3 amide bonds. The van der Waals surface area contributed by atoms with Crippen molar-refractivity contribution in [2.75, 3.05) is 26.2 Å². The number of carbonyl (C=O) groups excluding carboxylic acids is 3. The molecule has 35 heavy (non-hydrogen) atoms. The van der Waals surface area contributed by atoms with E-state index in [9.17, 15) is 22.8 Å². The number of hydrazine groups is 1. The minimum atomic E-state index is -3.63. The number of benzene rings is 2. The number of sulfonamides is 1. The van der Waals surface area contributed by atoms with Crippen LogP contribution in [0, 0.1) is 0 Å². The van der Waals surface area contributed by atoms with Crippen molar-refractivity contribution in [1.82, 2.24) is 20.5 Å². The molecule has 0 fully saturated rings. The van der Waals surface area contributed by atoms with Gasteiger partial charge in [0.25, 0.3) is 17.7 Å². The van der Waals surface area contributed by atoms with Crippen molar-refractivity contribution in [3.8, 4) is 5.75 Å². The molecule has 0 radical (unpaired) electrons. The van der Waals surface area contributed by atoms with Gasteiger partial charge < -0.3 is 10.1 Å². The molecule has 10 nitrogen and oxygen atoms in total. The Balaban J connectivity index is 1.81. The highest BCUT2D eigenvalue weighted by Crippen LogP contribution is 2.16. The molecule has 0 aliphatic carbocycles. The van der Waals surface area contributed by atoms with Crippen LogP contribution in [0.2, 0.25) is 0 Å². The second-order valence-corrected chi connectivity index (χ2v) is 9.46. The monoisotopic (exact) mass is 504 g/mol. The molecule has 0 spiro atoms. The third-order valence-corrected chi connectivity index (χ3v) is 7.13. The molecule has 0 saturated carbocycles. The van der Waals surface area contributed by atoms with Gasteiger partial charge >= 0.3 is 0 Å². The smallest absolute Gasteiger partial charge is 0.269 e. The molecule has 11 heteroatoms. The number of hydrogen-bond acceptors (Lipinski definition) is 6. The van der Waals surface area contributed by atoms with Crippen LogP contribution in [0.5, 0.6) is 5.75 Å². The van der Waals surface area contributed by atoms with Crippen molar-refractivity contribution in [1.29, 1.82) is 0 Å². The fraction of sp³-hybridized carbons (Fsp3) is 0.375. The fourth-order valence-electron chi connectivity index (χ4n) is 3.03. The Hall–Kier alpha value is -3.44. The van der Waals surface area contributed by atoms with Crippen molar-refractivity contribution in [2.24, 2.45) is 0 Å². The van der Waals surface area contributed by atoms with E-state index in [0.717, 1.165) is 12.8 Å². The van der Waals surface area contributed by atoms with Gasteiger partial charge in [-0.15, -0.1) is 0 Å². The third kappa shape index (κ3) is 8.08. The summed E-state index contributed by atoms with van der Waals surface area (Å²) in [6.07, 6.45) is 1.96. The maximum atomic E-state index is 12.5. The first-order valence-electron chi connectivity index (χ1n) is 11.4. The van der Waals surface area contributed by atoms with Gasteiger partial charge in [0.1, 0.15) is 5.75 Å². The summed E-state index contributed by atoms with van der Waals surface area (Å²) in [6.45, 7) is 6.45. The van der Waals surface area contributed by atoms with Crippen LogP contribution in [0.15, 0.2) is 53.4 Å². The van der Waals surface area contributed by atoms with Crippen LogP contribution in [0.1, 0.15) is 54.3 Å². The molecule has 2 aromatic rings. The van der Waals surface area contributed by atoms with Crippen LogP contribution < -0.4 is 20.9 Å². The third-order valence-electron chi connectivity index (χ3n) is 5.07. The first-order chi connectivity index (χ1) is 16.7. The van der Waals surface area contributed by atoms with Gasteiger partial charge in [0.05, 0.1) is 18.0 Å². The van der Waals surface area contributed by atoms with E-state index in [-0.39, 0.29) is 17.0 Å². The number of hydrogen-bond donors (Lipinski definition) is 3. The normalized spacial score (nSPS) is 11.1. The van der Waals surface area contributed by atoms with E-state index in [0.29, 0.717) is 31.0 Å². The summed E-state index contributed by atoms with van der Waals surface area (Å²) in [4.78, 5) is 36.5. The fourth-order valence-corrected chi connectivity index (χ4v) is 4.49. The second kappa shape index (κ2) is 13.4. The molecule has 0 aliphatic heterocycles. The molecule has 2 aromatic carbocycles. The Morgan fingerprint density at radius 1 is 0.829 bits per heavy atom. The van der Waals surface area contributed by atoms with Gasteiger partial charge in [-0.3, -0.25) is 25.2 Å². The zero-order chi connectivity index (χ0) is 25.8. The molecule has 3 N–H and O–H groups in total. The number of unbranched alkanes of at least 4 members (excludes halogenated alkanes) is 1. The highest BCUT2D eigenvalue weighted by atomic mass is 32.2. The van der Waals surface area contributed by atoms with Crippen LogP contribution in [0.4, 0.5) is 0 Å². The van der Waals surface area contributed by atoms with Crippen LogP contribution in [-0.2, 0) is 14.8 Å². The first-order valence-corrected chi connectivity index (χ1v) is 12.9. The summed E-state index contributed by atoms with van der Waals surface area (Å²) in [5.41, 5.74) is 5.03. The topological polar surface area (TPSA) is 134 Å². The van der Waals surface area contributed by atoms with E-state index in [1.54, 1.807) is 38.1 Å². The van der Waals surface area contributed by atoms with Crippen LogP contribution in [0.3, 0.4) is 0 Å². The summed E-state index contributed by atoms with van der Waals surface area (Å²) >= 11 is 0. The SMILES string of the molecule is CCCCOc1ccc(C(=O)NNC(=O)CNC(=O)c2ccc(S(=O)(=O)N(CC)CC)cc2)cc1. The molecule has 0 bridgehead atoms. The number of nitrogens with zero attached hydrogens (tertiary/aromatic N) is 1. The number of amides is 3. The van der Waals surface area contributed by atoms with E-state index in [2.05, 4.69) is 23.1 Å². The van der Waals surface area contributed by atoms with Crippen molar-refractivity contribution in [2.45, 2.75) is 38.5 Å². The highest BCUT2D eigenvalue weighted by molar-refractivity contribution is 7.89. The number of carbonyl (C=O) groups is 3. The zero-order valence-electron chi connectivity index (χ0n) is 20.2. The van der Waals surface area contributed by atoms with Gasteiger partial charge in [-0.05, 0) is 55.0 Å². The summed E-state index contributed by atoms with van der Waals surface area (Å²) in [7, 11) is -3.63. The molecule has 2 rings (SSSR count). The van der Waals surface area contributed by atoms with Crippen LogP contribution >= 0.6 is 0 Å². The molecule has 0 aromatic heterocycles. The predicted octanol–water partition coefficient (Wildman–Crippen LogP) is 2.09. The maximum Gasteiger partial charge on any atom is 0.269 e. The molecule has 0 aliphatic rings. The Kier molecular flexibility index (Phi) is 10.7. The van der Waals surface area contributed by atoms with Crippen molar-refractivity contribution >= 4 is 27.7 Å². The molecular formula is C24H32N4O6S. The van der Waals surface area contributed by atoms with E-state index >= 15 is 0 Å². The lowest BCUT2D eigenvalue weighted by Gasteiger charge is -2.18. The second-order valence-electron chi connectivity index (χ2n) is 7.53.